The summed E-state index contributed by atoms with van der Waals surface area (Å²) in [6, 6.07) is 13.6. The summed E-state index contributed by atoms with van der Waals surface area (Å²) in [7, 11) is 4.50. The molecule has 46 heavy (non-hydrogen) atoms. The van der Waals surface area contributed by atoms with Crippen LogP contribution in [0, 0.1) is 0 Å². The number of nitrogens with one attached hydrogen (secondary N) is 2. The van der Waals surface area contributed by atoms with E-state index in [0.717, 1.165) is 36.0 Å². The topological polar surface area (TPSA) is 51.0 Å². The molecule has 10 rings (SSSR count). The lowest BCUT2D eigenvalue weighted by Crippen LogP contribution is -2.64. The number of nitrogens with zero attached hydrogens (tertiary/aromatic N) is 6. The second-order valence-corrected chi connectivity index (χ2v) is 15.4. The van der Waals surface area contributed by atoms with Crippen molar-refractivity contribution >= 4 is 45.0 Å². The van der Waals surface area contributed by atoms with Crippen LogP contribution in [0.25, 0.3) is 21.8 Å². The average Bonchev–Trinajstić information content (AvgIpc) is 3.62. The van der Waals surface area contributed by atoms with Crippen LogP contribution in [0.5, 0.6) is 0 Å². The number of aromatic nitrogens is 2. The number of halogens is 2. The first-order valence-electron chi connectivity index (χ1n) is 17.4. The zero-order chi connectivity index (χ0) is 31.1. The Morgan fingerprint density at radius 1 is 0.587 bits per heavy atom. The molecular formula is C36H46Cl2N8. The Labute approximate surface area is 282 Å². The number of rotatable bonds is 0. The number of hydrogen-bond donors (Lipinski definition) is 2. The summed E-state index contributed by atoms with van der Waals surface area (Å²) in [6.07, 6.45) is 5.90. The smallest absolute Gasteiger partial charge is 0.0759 e. The molecule has 0 radical (unpaired) electrons. The van der Waals surface area contributed by atoms with E-state index in [1.165, 1.54) is 110 Å². The van der Waals surface area contributed by atoms with E-state index in [0.29, 0.717) is 24.4 Å². The summed E-state index contributed by atoms with van der Waals surface area (Å²) in [5.41, 5.74) is 8.34. The highest BCUT2D eigenvalue weighted by Crippen LogP contribution is 2.43. The molecule has 2 N–H and O–H groups in total. The molecule has 0 aliphatic carbocycles. The van der Waals surface area contributed by atoms with Crippen molar-refractivity contribution in [3.05, 3.63) is 69.0 Å². The van der Waals surface area contributed by atoms with Gasteiger partial charge in [-0.3, -0.25) is 19.6 Å². The number of benzene rings is 2. The first kappa shape index (κ1) is 30.0. The second kappa shape index (κ2) is 11.8. The highest BCUT2D eigenvalue weighted by Gasteiger charge is 2.43. The number of likely N-dealkylation sites (N-methyl/N-ethyl adjacent to an activating group) is 2. The average molecular weight is 662 g/mol. The largest absolute Gasteiger partial charge is 0.357 e. The molecule has 4 saturated heterocycles. The fourth-order valence-electron chi connectivity index (χ4n) is 9.66. The molecule has 4 atom stereocenters. The van der Waals surface area contributed by atoms with Crippen LogP contribution in [-0.4, -0.2) is 131 Å². The van der Waals surface area contributed by atoms with Crippen molar-refractivity contribution in [2.24, 2.45) is 0 Å². The molecule has 0 saturated carbocycles. The van der Waals surface area contributed by atoms with Crippen molar-refractivity contribution in [2.45, 2.75) is 50.1 Å². The number of hydrogen-bond acceptors (Lipinski definition) is 6. The summed E-state index contributed by atoms with van der Waals surface area (Å²) in [4.78, 5) is 23.2. The first-order valence-corrected chi connectivity index (χ1v) is 18.1. The minimum absolute atomic E-state index is 0.540. The zero-order valence-corrected chi connectivity index (χ0v) is 28.6. The van der Waals surface area contributed by atoms with Crippen molar-refractivity contribution in [1.29, 1.82) is 0 Å². The third-order valence-corrected chi connectivity index (χ3v) is 12.5. The van der Waals surface area contributed by atoms with Crippen LogP contribution in [0.1, 0.15) is 47.4 Å². The fraction of sp³-hybridized carbons (Fsp3) is 0.556. The van der Waals surface area contributed by atoms with Gasteiger partial charge in [0.2, 0.25) is 0 Å². The Morgan fingerprint density at radius 2 is 1.04 bits per heavy atom. The second-order valence-electron chi connectivity index (χ2n) is 14.6. The molecule has 0 spiro atoms. The van der Waals surface area contributed by atoms with Crippen molar-refractivity contribution in [2.75, 3.05) is 79.5 Å². The fourth-order valence-corrected chi connectivity index (χ4v) is 10.0. The molecule has 8 nitrogen and oxygen atoms in total. The Morgan fingerprint density at radius 3 is 1.50 bits per heavy atom. The normalized spacial score (nSPS) is 29.3. The lowest BCUT2D eigenvalue weighted by Gasteiger charge is -2.53. The van der Waals surface area contributed by atoms with Gasteiger partial charge in [0.05, 0.1) is 24.4 Å². The molecule has 6 aliphatic heterocycles. The van der Waals surface area contributed by atoms with Crippen molar-refractivity contribution in [3.8, 4) is 0 Å². The lowest BCUT2D eigenvalue weighted by molar-refractivity contribution is -0.0772. The number of aromatic amines is 2. The van der Waals surface area contributed by atoms with Crippen LogP contribution in [0.15, 0.2) is 36.4 Å². The third kappa shape index (κ3) is 5.03. The first-order chi connectivity index (χ1) is 22.4. The van der Waals surface area contributed by atoms with Crippen LogP contribution in [0.3, 0.4) is 0 Å². The molecule has 2 aromatic heterocycles. The monoisotopic (exact) mass is 660 g/mol. The van der Waals surface area contributed by atoms with E-state index in [1.807, 2.05) is 12.1 Å². The predicted molar refractivity (Wildman–Crippen MR) is 188 cm³/mol. The van der Waals surface area contributed by atoms with Gasteiger partial charge in [-0.15, -0.1) is 0 Å². The molecule has 0 unspecified atom stereocenters. The maximum Gasteiger partial charge on any atom is 0.0759 e. The molecule has 0 amide bonds. The van der Waals surface area contributed by atoms with Gasteiger partial charge < -0.3 is 19.8 Å². The molecule has 10 heteroatoms. The van der Waals surface area contributed by atoms with Gasteiger partial charge in [-0.2, -0.15) is 0 Å². The van der Waals surface area contributed by atoms with Crippen LogP contribution in [0.2, 0.25) is 10.0 Å². The quantitative estimate of drug-likeness (QED) is 0.264. The van der Waals surface area contributed by atoms with Crippen molar-refractivity contribution in [1.82, 2.24) is 39.4 Å². The Kier molecular flexibility index (Phi) is 7.67. The standard InChI is InChI=1S/2C18H23ClN4/c2*1-21-8-9-22-6-5-16-18-14(4-7-23(16)17(22)11-21)13-3-2-12(19)10-15(13)20-18/h2*2-3,10,16-17,20H,4-9,11H2,1H3/t2*16-,17-/m10/s1. The molecule has 2 aromatic carbocycles. The summed E-state index contributed by atoms with van der Waals surface area (Å²) in [5.74, 6) is 0. The lowest BCUT2D eigenvalue weighted by atomic mass is 9.92. The van der Waals surface area contributed by atoms with Crippen LogP contribution < -0.4 is 0 Å². The van der Waals surface area contributed by atoms with E-state index in [1.54, 1.807) is 0 Å². The van der Waals surface area contributed by atoms with Gasteiger partial charge in [-0.1, -0.05) is 35.3 Å². The van der Waals surface area contributed by atoms with Crippen LogP contribution in [-0.2, 0) is 12.8 Å². The summed E-state index contributed by atoms with van der Waals surface area (Å²) in [5, 5.41) is 4.37. The Balaban J connectivity index is 0.000000127. The van der Waals surface area contributed by atoms with E-state index >= 15 is 0 Å². The number of piperazine rings is 2. The number of fused-ring (bicyclic) bond motifs is 14. The van der Waals surface area contributed by atoms with Gasteiger partial charge in [0, 0.05) is 109 Å². The van der Waals surface area contributed by atoms with Crippen molar-refractivity contribution < 1.29 is 0 Å². The highest BCUT2D eigenvalue weighted by molar-refractivity contribution is 6.31. The minimum atomic E-state index is 0.540. The zero-order valence-electron chi connectivity index (χ0n) is 27.1. The maximum absolute atomic E-state index is 6.18. The summed E-state index contributed by atoms with van der Waals surface area (Å²) in [6.45, 7) is 11.9. The molecule has 8 heterocycles. The van der Waals surface area contributed by atoms with Gasteiger partial charge in [0.15, 0.2) is 0 Å². The van der Waals surface area contributed by atoms with E-state index in [-0.39, 0.29) is 0 Å². The molecule has 4 fully saturated rings. The Hall–Kier alpha value is -2.14. The van der Waals surface area contributed by atoms with Crippen LogP contribution in [0.4, 0.5) is 0 Å². The molecule has 244 valence electrons. The summed E-state index contributed by atoms with van der Waals surface area (Å²) >= 11 is 12.4. The molecular weight excluding hydrogens is 615 g/mol. The SMILES string of the molecule is CN1CCN2CC[C@@H]3c4[nH]c5cc(Cl)ccc5c4CCN3[C@@H]2C1.CN1CCN2CC[C@H]3c4[nH]c5cc(Cl)ccc5c4CCN3[C@H]2C1. The minimum Gasteiger partial charge on any atom is -0.357 e. The molecule has 6 aliphatic rings. The Bertz CT molecular complexity index is 1640. The molecule has 4 aromatic rings. The van der Waals surface area contributed by atoms with E-state index in [9.17, 15) is 0 Å². The summed E-state index contributed by atoms with van der Waals surface area (Å²) < 4.78 is 0. The van der Waals surface area contributed by atoms with Gasteiger partial charge in [-0.05, 0) is 75.2 Å². The maximum atomic E-state index is 6.18. The predicted octanol–water partition coefficient (Wildman–Crippen LogP) is 5.40. The van der Waals surface area contributed by atoms with Gasteiger partial charge >= 0.3 is 0 Å². The van der Waals surface area contributed by atoms with E-state index in [4.69, 9.17) is 23.2 Å². The number of H-pyrrole nitrogens is 2. The van der Waals surface area contributed by atoms with Gasteiger partial charge in [-0.25, -0.2) is 0 Å². The van der Waals surface area contributed by atoms with Crippen molar-refractivity contribution in [3.63, 3.8) is 0 Å². The highest BCUT2D eigenvalue weighted by atomic mass is 35.5. The van der Waals surface area contributed by atoms with E-state index in [2.05, 4.69) is 77.7 Å². The van der Waals surface area contributed by atoms with Crippen LogP contribution >= 0.6 is 23.2 Å². The third-order valence-electron chi connectivity index (χ3n) is 12.0. The van der Waals surface area contributed by atoms with Gasteiger partial charge in [0.25, 0.3) is 0 Å². The molecule has 0 bridgehead atoms. The van der Waals surface area contributed by atoms with E-state index < -0.39 is 0 Å². The van der Waals surface area contributed by atoms with Gasteiger partial charge in [0.1, 0.15) is 0 Å².